The zero-order chi connectivity index (χ0) is 14.5. The Balaban J connectivity index is 0.00000220. The molecule has 1 saturated heterocycles. The van der Waals surface area contributed by atoms with Gasteiger partial charge in [-0.3, -0.25) is 4.79 Å². The van der Waals surface area contributed by atoms with Crippen molar-refractivity contribution >= 4 is 51.5 Å². The molecule has 21 heavy (non-hydrogen) atoms. The molecule has 7 heteroatoms. The van der Waals surface area contributed by atoms with E-state index in [1.165, 1.54) is 0 Å². The number of carbonyl (C=O) groups is 1. The summed E-state index contributed by atoms with van der Waals surface area (Å²) >= 11 is 9.45. The Morgan fingerprint density at radius 3 is 2.95 bits per heavy atom. The maximum atomic E-state index is 12.3. The van der Waals surface area contributed by atoms with Gasteiger partial charge in [0.15, 0.2) is 5.75 Å². The second-order valence-electron chi connectivity index (χ2n) is 4.73. The summed E-state index contributed by atoms with van der Waals surface area (Å²) in [5.74, 6) is 0.623. The third-order valence-corrected chi connectivity index (χ3v) is 4.03. The van der Waals surface area contributed by atoms with Gasteiger partial charge in [0.05, 0.1) is 22.7 Å². The third kappa shape index (κ3) is 5.02. The quantitative estimate of drug-likeness (QED) is 0.810. The Morgan fingerprint density at radius 2 is 2.33 bits per heavy atom. The second-order valence-corrected chi connectivity index (χ2v) is 6.02. The number of amides is 1. The highest BCUT2D eigenvalue weighted by Gasteiger charge is 2.22. The number of benzene rings is 1. The van der Waals surface area contributed by atoms with Gasteiger partial charge in [-0.2, -0.15) is 0 Å². The van der Waals surface area contributed by atoms with Crippen molar-refractivity contribution in [2.75, 3.05) is 25.0 Å². The Morgan fingerprint density at radius 1 is 1.57 bits per heavy atom. The monoisotopic (exact) mass is 396 g/mol. The lowest BCUT2D eigenvalue weighted by molar-refractivity contribution is -0.120. The predicted octanol–water partition coefficient (Wildman–Crippen LogP) is 3.86. The zero-order valence-electron chi connectivity index (χ0n) is 11.7. The predicted molar refractivity (Wildman–Crippen MR) is 91.8 cm³/mol. The summed E-state index contributed by atoms with van der Waals surface area (Å²) in [6.07, 6.45) is 1.93. The number of nitrogens with one attached hydrogen (secondary N) is 2. The van der Waals surface area contributed by atoms with Crippen molar-refractivity contribution in [2.45, 2.75) is 19.8 Å². The van der Waals surface area contributed by atoms with Crippen LogP contribution in [0.2, 0.25) is 5.02 Å². The Kier molecular flexibility index (Phi) is 7.81. The van der Waals surface area contributed by atoms with Crippen LogP contribution >= 0.6 is 39.9 Å². The molecular formula is C14H19BrCl2N2O2. The number of anilines is 1. The summed E-state index contributed by atoms with van der Waals surface area (Å²) in [6, 6.07) is 3.47. The fourth-order valence-electron chi connectivity index (χ4n) is 2.25. The topological polar surface area (TPSA) is 50.4 Å². The van der Waals surface area contributed by atoms with Crippen molar-refractivity contribution in [1.82, 2.24) is 5.32 Å². The summed E-state index contributed by atoms with van der Waals surface area (Å²) in [5.41, 5.74) is 0.613. The number of halogens is 3. The molecule has 0 saturated carbocycles. The molecule has 1 amide bonds. The minimum Gasteiger partial charge on any atom is -0.491 e. The van der Waals surface area contributed by atoms with Crippen molar-refractivity contribution < 1.29 is 9.53 Å². The highest BCUT2D eigenvalue weighted by molar-refractivity contribution is 9.10. The molecule has 0 bridgehead atoms. The Labute approximate surface area is 144 Å². The molecule has 0 aliphatic carbocycles. The fourth-order valence-corrected chi connectivity index (χ4v) is 3.18. The minimum atomic E-state index is -0.00372. The van der Waals surface area contributed by atoms with Crippen LogP contribution < -0.4 is 15.4 Å². The molecular weight excluding hydrogens is 379 g/mol. The number of carbonyl (C=O) groups excluding carboxylic acids is 1. The Bertz CT molecular complexity index is 494. The van der Waals surface area contributed by atoms with E-state index in [9.17, 15) is 4.79 Å². The SMILES string of the molecule is CCOc1c(Br)cc(Cl)cc1NC(=O)C1CCCNC1.Cl. The van der Waals surface area contributed by atoms with E-state index in [-0.39, 0.29) is 24.2 Å². The van der Waals surface area contributed by atoms with Gasteiger partial charge in [0.2, 0.25) is 5.91 Å². The lowest BCUT2D eigenvalue weighted by atomic mass is 9.99. The van der Waals surface area contributed by atoms with E-state index in [1.54, 1.807) is 12.1 Å². The normalized spacial score (nSPS) is 17.8. The average Bonchev–Trinajstić information content (AvgIpc) is 2.43. The van der Waals surface area contributed by atoms with Gasteiger partial charge in [0, 0.05) is 11.6 Å². The van der Waals surface area contributed by atoms with Crippen LogP contribution in [0.25, 0.3) is 0 Å². The van der Waals surface area contributed by atoms with Gasteiger partial charge in [-0.05, 0) is 54.4 Å². The van der Waals surface area contributed by atoms with Crippen LogP contribution in [0.1, 0.15) is 19.8 Å². The molecule has 1 aromatic carbocycles. The maximum absolute atomic E-state index is 12.3. The van der Waals surface area contributed by atoms with Crippen LogP contribution in [0.5, 0.6) is 5.75 Å². The fraction of sp³-hybridized carbons (Fsp3) is 0.500. The first-order valence-electron chi connectivity index (χ1n) is 6.75. The second kappa shape index (κ2) is 8.83. The molecule has 4 nitrogen and oxygen atoms in total. The molecule has 0 aromatic heterocycles. The molecule has 1 aliphatic heterocycles. The van der Waals surface area contributed by atoms with Gasteiger partial charge in [0.25, 0.3) is 0 Å². The molecule has 0 spiro atoms. The zero-order valence-corrected chi connectivity index (χ0v) is 14.9. The maximum Gasteiger partial charge on any atom is 0.228 e. The van der Waals surface area contributed by atoms with E-state index in [0.717, 1.165) is 30.4 Å². The molecule has 0 radical (unpaired) electrons. The number of hydrogen-bond donors (Lipinski definition) is 2. The van der Waals surface area contributed by atoms with Crippen molar-refractivity contribution in [3.05, 3.63) is 21.6 Å². The first kappa shape index (κ1) is 18.6. The van der Waals surface area contributed by atoms with E-state index in [4.69, 9.17) is 16.3 Å². The van der Waals surface area contributed by atoms with Crippen LogP contribution in [-0.2, 0) is 4.79 Å². The molecule has 2 N–H and O–H groups in total. The molecule has 1 aromatic rings. The van der Waals surface area contributed by atoms with Crippen LogP contribution in [0.4, 0.5) is 5.69 Å². The van der Waals surface area contributed by atoms with E-state index in [0.29, 0.717) is 23.1 Å². The molecule has 1 aliphatic rings. The summed E-state index contributed by atoms with van der Waals surface area (Å²) < 4.78 is 6.31. The van der Waals surface area contributed by atoms with Crippen LogP contribution in [0.15, 0.2) is 16.6 Å². The van der Waals surface area contributed by atoms with Gasteiger partial charge in [-0.15, -0.1) is 12.4 Å². The van der Waals surface area contributed by atoms with Crippen LogP contribution in [0, 0.1) is 5.92 Å². The van der Waals surface area contributed by atoms with E-state index in [1.807, 2.05) is 6.92 Å². The number of rotatable bonds is 4. The molecule has 1 fully saturated rings. The number of piperidine rings is 1. The third-order valence-electron chi connectivity index (χ3n) is 3.22. The minimum absolute atomic E-state index is 0. The van der Waals surface area contributed by atoms with Gasteiger partial charge in [0.1, 0.15) is 0 Å². The summed E-state index contributed by atoms with van der Waals surface area (Å²) in [7, 11) is 0. The van der Waals surface area contributed by atoms with Crippen LogP contribution in [0.3, 0.4) is 0 Å². The van der Waals surface area contributed by atoms with Crippen molar-refractivity contribution in [1.29, 1.82) is 0 Å². The first-order chi connectivity index (χ1) is 9.61. The Hall–Kier alpha value is -0.490. The standard InChI is InChI=1S/C14H18BrClN2O2.ClH/c1-2-20-13-11(15)6-10(16)7-12(13)18-14(19)9-4-3-5-17-8-9;/h6-7,9,17H,2-5,8H2,1H3,(H,18,19);1H. The van der Waals surface area contributed by atoms with Crippen molar-refractivity contribution in [3.63, 3.8) is 0 Å². The molecule has 1 atom stereocenters. The average molecular weight is 398 g/mol. The summed E-state index contributed by atoms with van der Waals surface area (Å²) in [6.45, 7) is 4.13. The number of ether oxygens (including phenoxy) is 1. The molecule has 1 heterocycles. The largest absolute Gasteiger partial charge is 0.491 e. The summed E-state index contributed by atoms with van der Waals surface area (Å²) in [4.78, 5) is 12.3. The van der Waals surface area contributed by atoms with E-state index >= 15 is 0 Å². The molecule has 2 rings (SSSR count). The molecule has 118 valence electrons. The molecule has 1 unspecified atom stereocenters. The van der Waals surface area contributed by atoms with Gasteiger partial charge in [-0.25, -0.2) is 0 Å². The van der Waals surface area contributed by atoms with Crippen molar-refractivity contribution in [3.8, 4) is 5.75 Å². The van der Waals surface area contributed by atoms with E-state index < -0.39 is 0 Å². The van der Waals surface area contributed by atoms with E-state index in [2.05, 4.69) is 26.6 Å². The van der Waals surface area contributed by atoms with Gasteiger partial charge >= 0.3 is 0 Å². The van der Waals surface area contributed by atoms with Gasteiger partial charge < -0.3 is 15.4 Å². The first-order valence-corrected chi connectivity index (χ1v) is 7.92. The number of hydrogen-bond acceptors (Lipinski definition) is 3. The highest BCUT2D eigenvalue weighted by atomic mass is 79.9. The smallest absolute Gasteiger partial charge is 0.228 e. The van der Waals surface area contributed by atoms with Crippen molar-refractivity contribution in [2.24, 2.45) is 5.92 Å². The van der Waals surface area contributed by atoms with Gasteiger partial charge in [-0.1, -0.05) is 11.6 Å². The summed E-state index contributed by atoms with van der Waals surface area (Å²) in [5, 5.41) is 6.72. The van der Waals surface area contributed by atoms with Crippen LogP contribution in [-0.4, -0.2) is 25.6 Å². The lowest BCUT2D eigenvalue weighted by Crippen LogP contribution is -2.37. The lowest BCUT2D eigenvalue weighted by Gasteiger charge is -2.22. The highest BCUT2D eigenvalue weighted by Crippen LogP contribution is 2.37.